The summed E-state index contributed by atoms with van der Waals surface area (Å²) in [6.45, 7) is 4.65. The summed E-state index contributed by atoms with van der Waals surface area (Å²) >= 11 is 3.03. The van der Waals surface area contributed by atoms with Gasteiger partial charge in [0.1, 0.15) is 26.4 Å². The average Bonchev–Trinajstić information content (AvgIpc) is 3.24. The molecule has 0 radical (unpaired) electrons. The van der Waals surface area contributed by atoms with E-state index in [1.165, 1.54) is 0 Å². The van der Waals surface area contributed by atoms with E-state index in [0.717, 1.165) is 31.4 Å². The first-order valence-corrected chi connectivity index (χ1v) is 14.9. The van der Waals surface area contributed by atoms with Gasteiger partial charge < -0.3 is 24.3 Å². The number of fused-ring (bicyclic) bond motifs is 1. The van der Waals surface area contributed by atoms with Crippen LogP contribution < -0.4 is 24.3 Å². The van der Waals surface area contributed by atoms with Crippen LogP contribution in [0.4, 0.5) is 10.5 Å². The minimum atomic E-state index is -0.550. The Morgan fingerprint density at radius 3 is 2.60 bits per heavy atom. The second-order valence-corrected chi connectivity index (χ2v) is 11.5. The van der Waals surface area contributed by atoms with Gasteiger partial charge in [0.25, 0.3) is 11.1 Å². The van der Waals surface area contributed by atoms with E-state index in [9.17, 15) is 14.4 Å². The SMILES string of the molecule is C=CCc1cc(C=C2SC(=O)N(CC(=O)Nc3ccc4c(c3)OCCO4)C2=O)cc(OC)c1OCc1ccc(I)cc1. The number of hydrogen-bond donors (Lipinski definition) is 1. The van der Waals surface area contributed by atoms with Crippen molar-refractivity contribution in [1.82, 2.24) is 4.90 Å². The molecule has 0 aliphatic carbocycles. The second-order valence-electron chi connectivity index (χ2n) is 9.29. The number of anilines is 1. The molecule has 0 spiro atoms. The number of allylic oxidation sites excluding steroid dienone is 1. The van der Waals surface area contributed by atoms with Gasteiger partial charge in [-0.15, -0.1) is 6.58 Å². The van der Waals surface area contributed by atoms with Gasteiger partial charge >= 0.3 is 0 Å². The summed E-state index contributed by atoms with van der Waals surface area (Å²) in [6, 6.07) is 16.7. The molecule has 2 aliphatic rings. The Balaban J connectivity index is 1.30. The largest absolute Gasteiger partial charge is 0.493 e. The smallest absolute Gasteiger partial charge is 0.294 e. The fourth-order valence-electron chi connectivity index (χ4n) is 4.38. The van der Waals surface area contributed by atoms with Crippen LogP contribution in [0.5, 0.6) is 23.0 Å². The van der Waals surface area contributed by atoms with Crippen LogP contribution in [-0.4, -0.2) is 48.8 Å². The molecule has 216 valence electrons. The van der Waals surface area contributed by atoms with E-state index in [1.54, 1.807) is 43.5 Å². The number of carbonyl (C=O) groups is 3. The molecule has 3 aromatic carbocycles. The number of carbonyl (C=O) groups excluding carboxylic acids is 3. The van der Waals surface area contributed by atoms with Crippen LogP contribution >= 0.6 is 34.4 Å². The maximum Gasteiger partial charge on any atom is 0.294 e. The van der Waals surface area contributed by atoms with E-state index in [-0.39, 0.29) is 4.91 Å². The summed E-state index contributed by atoms with van der Waals surface area (Å²) < 4.78 is 23.9. The van der Waals surface area contributed by atoms with Gasteiger partial charge in [-0.2, -0.15) is 0 Å². The van der Waals surface area contributed by atoms with E-state index in [1.807, 2.05) is 30.3 Å². The molecule has 0 aromatic heterocycles. The molecule has 2 heterocycles. The third-order valence-corrected chi connectivity index (χ3v) is 7.96. The molecule has 42 heavy (non-hydrogen) atoms. The molecule has 3 amide bonds. The number of hydrogen-bond acceptors (Lipinski definition) is 8. The van der Waals surface area contributed by atoms with E-state index >= 15 is 0 Å². The van der Waals surface area contributed by atoms with E-state index in [0.29, 0.717) is 60.5 Å². The van der Waals surface area contributed by atoms with Gasteiger partial charge in [0.05, 0.1) is 12.0 Å². The van der Waals surface area contributed by atoms with Gasteiger partial charge in [-0.05, 0) is 94.4 Å². The van der Waals surface area contributed by atoms with Gasteiger partial charge in [-0.1, -0.05) is 18.2 Å². The first-order chi connectivity index (χ1) is 20.3. The lowest BCUT2D eigenvalue weighted by Crippen LogP contribution is -2.36. The molecule has 1 fully saturated rings. The topological polar surface area (TPSA) is 103 Å². The summed E-state index contributed by atoms with van der Waals surface area (Å²) in [4.78, 5) is 39.7. The number of rotatable bonds is 10. The number of nitrogens with one attached hydrogen (secondary N) is 1. The standard InChI is InChI=1S/C31H27IN2O7S/c1-3-4-21-13-20(14-26(38-2)29(21)41-18-19-5-7-22(32)8-6-19)15-27-30(36)34(31(37)42-27)17-28(35)33-23-9-10-24-25(16-23)40-12-11-39-24/h3,5-10,13-16H,1,4,11-12,17-18H2,2H3,(H,33,35). The molecule has 0 unspecified atom stereocenters. The third kappa shape index (κ3) is 6.90. The van der Waals surface area contributed by atoms with Crippen molar-refractivity contribution in [3.63, 3.8) is 0 Å². The highest BCUT2D eigenvalue weighted by Crippen LogP contribution is 2.38. The third-order valence-electron chi connectivity index (χ3n) is 6.33. The van der Waals surface area contributed by atoms with Crippen LogP contribution in [0.25, 0.3) is 6.08 Å². The Morgan fingerprint density at radius 1 is 1.10 bits per heavy atom. The zero-order valence-electron chi connectivity index (χ0n) is 22.7. The van der Waals surface area contributed by atoms with Crippen LogP contribution in [0.3, 0.4) is 0 Å². The molecular formula is C31H27IN2O7S. The monoisotopic (exact) mass is 698 g/mol. The van der Waals surface area contributed by atoms with Crippen LogP contribution in [0, 0.1) is 3.57 Å². The van der Waals surface area contributed by atoms with Crippen LogP contribution in [0.15, 0.2) is 72.2 Å². The van der Waals surface area contributed by atoms with Crippen molar-refractivity contribution in [3.8, 4) is 23.0 Å². The molecule has 9 nitrogen and oxygen atoms in total. The molecule has 0 atom stereocenters. The lowest BCUT2D eigenvalue weighted by molar-refractivity contribution is -0.127. The predicted octanol–water partition coefficient (Wildman–Crippen LogP) is 6.05. The van der Waals surface area contributed by atoms with Crippen LogP contribution in [-0.2, 0) is 22.6 Å². The number of methoxy groups -OCH3 is 1. The van der Waals surface area contributed by atoms with E-state index in [2.05, 4.69) is 34.5 Å². The molecular weight excluding hydrogens is 671 g/mol. The lowest BCUT2D eigenvalue weighted by Gasteiger charge is -2.19. The fourth-order valence-corrected chi connectivity index (χ4v) is 5.58. The number of imide groups is 1. The van der Waals surface area contributed by atoms with Gasteiger partial charge in [-0.25, -0.2) is 0 Å². The minimum absolute atomic E-state index is 0.200. The Bertz CT molecular complexity index is 1570. The minimum Gasteiger partial charge on any atom is -0.493 e. The van der Waals surface area contributed by atoms with Crippen molar-refractivity contribution in [2.24, 2.45) is 0 Å². The van der Waals surface area contributed by atoms with Crippen molar-refractivity contribution in [3.05, 3.63) is 92.4 Å². The number of thioether (sulfide) groups is 1. The summed E-state index contributed by atoms with van der Waals surface area (Å²) in [7, 11) is 1.54. The molecule has 0 bridgehead atoms. The summed E-state index contributed by atoms with van der Waals surface area (Å²) in [6.07, 6.45) is 3.87. The van der Waals surface area contributed by atoms with E-state index in [4.69, 9.17) is 18.9 Å². The maximum atomic E-state index is 13.1. The number of nitrogens with zero attached hydrogens (tertiary/aromatic N) is 1. The zero-order valence-corrected chi connectivity index (χ0v) is 25.7. The maximum absolute atomic E-state index is 13.1. The molecule has 5 rings (SSSR count). The Morgan fingerprint density at radius 2 is 1.86 bits per heavy atom. The molecule has 1 saturated heterocycles. The lowest BCUT2D eigenvalue weighted by atomic mass is 10.0. The molecule has 2 aliphatic heterocycles. The van der Waals surface area contributed by atoms with Gasteiger partial charge in [0.15, 0.2) is 23.0 Å². The van der Waals surface area contributed by atoms with Crippen molar-refractivity contribution >= 4 is 63.2 Å². The highest BCUT2D eigenvalue weighted by atomic mass is 127. The highest BCUT2D eigenvalue weighted by Gasteiger charge is 2.36. The van der Waals surface area contributed by atoms with Crippen molar-refractivity contribution in [2.75, 3.05) is 32.2 Å². The van der Waals surface area contributed by atoms with Crippen molar-refractivity contribution in [1.29, 1.82) is 0 Å². The second kappa shape index (κ2) is 13.3. The number of ether oxygens (including phenoxy) is 4. The highest BCUT2D eigenvalue weighted by molar-refractivity contribution is 14.1. The normalized spacial score (nSPS) is 15.1. The summed E-state index contributed by atoms with van der Waals surface area (Å²) in [5, 5.41) is 2.18. The Kier molecular flexibility index (Phi) is 9.38. The van der Waals surface area contributed by atoms with E-state index < -0.39 is 23.6 Å². The first kappa shape index (κ1) is 29.5. The molecule has 3 aromatic rings. The number of benzene rings is 3. The van der Waals surface area contributed by atoms with Gasteiger partial charge in [0, 0.05) is 20.9 Å². The van der Waals surface area contributed by atoms with Crippen LogP contribution in [0.2, 0.25) is 0 Å². The van der Waals surface area contributed by atoms with Crippen molar-refractivity contribution in [2.45, 2.75) is 13.0 Å². The summed E-state index contributed by atoms with van der Waals surface area (Å²) in [5.74, 6) is 1.12. The molecule has 1 N–H and O–H groups in total. The average molecular weight is 699 g/mol. The van der Waals surface area contributed by atoms with Gasteiger partial charge in [0.2, 0.25) is 5.91 Å². The summed E-state index contributed by atoms with van der Waals surface area (Å²) in [5.41, 5.74) is 2.95. The predicted molar refractivity (Wildman–Crippen MR) is 169 cm³/mol. The number of amides is 3. The van der Waals surface area contributed by atoms with Crippen molar-refractivity contribution < 1.29 is 33.3 Å². The zero-order chi connectivity index (χ0) is 29.6. The van der Waals surface area contributed by atoms with Crippen LogP contribution in [0.1, 0.15) is 16.7 Å². The fraction of sp³-hybridized carbons (Fsp3) is 0.194. The molecule has 11 heteroatoms. The Hall–Kier alpha value is -3.97. The van der Waals surface area contributed by atoms with Gasteiger partial charge in [-0.3, -0.25) is 19.3 Å². The first-order valence-electron chi connectivity index (χ1n) is 13.0. The Labute approximate surface area is 261 Å². The quantitative estimate of drug-likeness (QED) is 0.155. The number of halogens is 1. The molecule has 0 saturated carbocycles.